The van der Waals surface area contributed by atoms with E-state index in [1.165, 1.54) is 19.2 Å². The fourth-order valence-corrected chi connectivity index (χ4v) is 2.84. The number of halogens is 1. The van der Waals surface area contributed by atoms with Crippen LogP contribution in [0.25, 0.3) is 0 Å². The van der Waals surface area contributed by atoms with Crippen LogP contribution in [0.1, 0.15) is 5.56 Å². The molecule has 3 rings (SSSR count). The Bertz CT molecular complexity index is 841. The highest BCUT2D eigenvalue weighted by atomic mass is 19.1. The van der Waals surface area contributed by atoms with E-state index in [2.05, 4.69) is 10.6 Å². The van der Waals surface area contributed by atoms with E-state index in [4.69, 9.17) is 4.74 Å². The molecule has 1 aliphatic rings. The molecule has 0 bridgehead atoms. The van der Waals surface area contributed by atoms with E-state index < -0.39 is 11.9 Å². The maximum atomic E-state index is 13.9. The number of fused-ring (bicyclic) bond motifs is 1. The van der Waals surface area contributed by atoms with Crippen molar-refractivity contribution >= 4 is 23.2 Å². The predicted octanol–water partition coefficient (Wildman–Crippen LogP) is 2.09. The van der Waals surface area contributed by atoms with Crippen molar-refractivity contribution in [2.24, 2.45) is 0 Å². The molecule has 136 valence electrons. The number of amides is 2. The molecule has 7 heteroatoms. The first-order valence-corrected chi connectivity index (χ1v) is 8.26. The van der Waals surface area contributed by atoms with Crippen molar-refractivity contribution in [3.63, 3.8) is 0 Å². The SMILES string of the molecule is CNC(=O)[C@H]1CN(CC(=O)Nc2ccc(C)cc2F)c2ccccc2O1. The number of hydrogen-bond donors (Lipinski definition) is 2. The Morgan fingerprint density at radius 1 is 1.27 bits per heavy atom. The van der Waals surface area contributed by atoms with Crippen LogP contribution in [0.2, 0.25) is 0 Å². The second kappa shape index (κ2) is 7.43. The number of nitrogens with zero attached hydrogens (tertiary/aromatic N) is 1. The van der Waals surface area contributed by atoms with E-state index in [9.17, 15) is 14.0 Å². The minimum atomic E-state index is -0.723. The summed E-state index contributed by atoms with van der Waals surface area (Å²) in [6.45, 7) is 1.97. The molecule has 1 aliphatic heterocycles. The van der Waals surface area contributed by atoms with Crippen LogP contribution in [0.4, 0.5) is 15.8 Å². The molecule has 0 radical (unpaired) electrons. The molecule has 0 saturated heterocycles. The molecule has 0 unspecified atom stereocenters. The molecule has 0 aliphatic carbocycles. The number of carbonyl (C=O) groups excluding carboxylic acids is 2. The number of rotatable bonds is 4. The van der Waals surface area contributed by atoms with Crippen molar-refractivity contribution < 1.29 is 18.7 Å². The van der Waals surface area contributed by atoms with E-state index in [-0.39, 0.29) is 30.6 Å². The van der Waals surface area contributed by atoms with Crippen molar-refractivity contribution in [2.75, 3.05) is 30.4 Å². The summed E-state index contributed by atoms with van der Waals surface area (Å²) in [6, 6.07) is 11.8. The summed E-state index contributed by atoms with van der Waals surface area (Å²) in [7, 11) is 1.53. The van der Waals surface area contributed by atoms with Gasteiger partial charge < -0.3 is 20.3 Å². The van der Waals surface area contributed by atoms with Gasteiger partial charge in [-0.05, 0) is 36.8 Å². The zero-order valence-electron chi connectivity index (χ0n) is 14.6. The molecule has 1 heterocycles. The van der Waals surface area contributed by atoms with Gasteiger partial charge in [-0.1, -0.05) is 18.2 Å². The summed E-state index contributed by atoms with van der Waals surface area (Å²) in [6.07, 6.45) is -0.723. The number of nitrogens with one attached hydrogen (secondary N) is 2. The van der Waals surface area contributed by atoms with Gasteiger partial charge in [-0.2, -0.15) is 0 Å². The maximum absolute atomic E-state index is 13.9. The van der Waals surface area contributed by atoms with Crippen molar-refractivity contribution in [2.45, 2.75) is 13.0 Å². The Labute approximate surface area is 150 Å². The van der Waals surface area contributed by atoms with Crippen LogP contribution >= 0.6 is 0 Å². The number of likely N-dealkylation sites (N-methyl/N-ethyl adjacent to an activating group) is 1. The molecule has 26 heavy (non-hydrogen) atoms. The topological polar surface area (TPSA) is 70.7 Å². The smallest absolute Gasteiger partial charge is 0.262 e. The van der Waals surface area contributed by atoms with Gasteiger partial charge in [-0.15, -0.1) is 0 Å². The Morgan fingerprint density at radius 3 is 2.77 bits per heavy atom. The van der Waals surface area contributed by atoms with Crippen LogP contribution in [-0.2, 0) is 9.59 Å². The van der Waals surface area contributed by atoms with Gasteiger partial charge in [0.2, 0.25) is 5.91 Å². The third-order valence-corrected chi connectivity index (χ3v) is 4.13. The Morgan fingerprint density at radius 2 is 2.04 bits per heavy atom. The Hall–Kier alpha value is -3.09. The lowest BCUT2D eigenvalue weighted by Crippen LogP contribution is -2.50. The Kier molecular flexibility index (Phi) is 5.06. The molecule has 6 nitrogen and oxygen atoms in total. The van der Waals surface area contributed by atoms with Crippen LogP contribution in [-0.4, -0.2) is 38.1 Å². The summed E-state index contributed by atoms with van der Waals surface area (Å²) in [5.41, 5.74) is 1.62. The number of para-hydroxylation sites is 2. The molecule has 2 aromatic carbocycles. The fraction of sp³-hybridized carbons (Fsp3) is 0.263. The average molecular weight is 357 g/mol. The van der Waals surface area contributed by atoms with Gasteiger partial charge in [0.1, 0.15) is 11.6 Å². The molecular weight excluding hydrogens is 337 g/mol. The monoisotopic (exact) mass is 357 g/mol. The standard InChI is InChI=1S/C19H20FN3O3/c1-12-7-8-14(13(20)9-12)22-18(24)11-23-10-17(19(25)21-2)26-16-6-4-3-5-15(16)23/h3-9,17H,10-11H2,1-2H3,(H,21,25)(H,22,24)/t17-/m1/s1. The third kappa shape index (κ3) is 3.77. The van der Waals surface area contributed by atoms with E-state index in [1.54, 1.807) is 30.0 Å². The largest absolute Gasteiger partial charge is 0.477 e. The van der Waals surface area contributed by atoms with E-state index >= 15 is 0 Å². The molecule has 1 atom stereocenters. The van der Waals surface area contributed by atoms with E-state index in [0.29, 0.717) is 11.4 Å². The number of anilines is 2. The highest BCUT2D eigenvalue weighted by Crippen LogP contribution is 2.33. The summed E-state index contributed by atoms with van der Waals surface area (Å²) < 4.78 is 19.6. The highest BCUT2D eigenvalue weighted by molar-refractivity contribution is 5.95. The van der Waals surface area contributed by atoms with Crippen molar-refractivity contribution in [3.05, 3.63) is 53.8 Å². The quantitative estimate of drug-likeness (QED) is 0.879. The lowest BCUT2D eigenvalue weighted by molar-refractivity contribution is -0.127. The molecular formula is C19H20FN3O3. The van der Waals surface area contributed by atoms with Gasteiger partial charge in [-0.25, -0.2) is 4.39 Å². The minimum absolute atomic E-state index is 0.0266. The number of carbonyl (C=O) groups is 2. The van der Waals surface area contributed by atoms with Gasteiger partial charge in [0.15, 0.2) is 6.10 Å². The maximum Gasteiger partial charge on any atom is 0.262 e. The van der Waals surface area contributed by atoms with Crippen LogP contribution in [0.3, 0.4) is 0 Å². The number of ether oxygens (including phenoxy) is 1. The molecule has 2 amide bonds. The highest BCUT2D eigenvalue weighted by Gasteiger charge is 2.31. The van der Waals surface area contributed by atoms with Crippen LogP contribution in [0.5, 0.6) is 5.75 Å². The van der Waals surface area contributed by atoms with Crippen LogP contribution in [0, 0.1) is 12.7 Å². The van der Waals surface area contributed by atoms with Gasteiger partial charge in [-0.3, -0.25) is 9.59 Å². The van der Waals surface area contributed by atoms with E-state index in [0.717, 1.165) is 5.56 Å². The van der Waals surface area contributed by atoms with Crippen LogP contribution in [0.15, 0.2) is 42.5 Å². The molecule has 0 saturated carbocycles. The van der Waals surface area contributed by atoms with E-state index in [1.807, 2.05) is 12.1 Å². The summed E-state index contributed by atoms with van der Waals surface area (Å²) in [5, 5.41) is 5.13. The summed E-state index contributed by atoms with van der Waals surface area (Å²) >= 11 is 0. The zero-order chi connectivity index (χ0) is 18.7. The van der Waals surface area contributed by atoms with Crippen molar-refractivity contribution in [1.82, 2.24) is 5.32 Å². The van der Waals surface area contributed by atoms with Gasteiger partial charge >= 0.3 is 0 Å². The van der Waals surface area contributed by atoms with Crippen molar-refractivity contribution in [1.29, 1.82) is 0 Å². The predicted molar refractivity (Wildman–Crippen MR) is 96.9 cm³/mol. The van der Waals surface area contributed by atoms with Gasteiger partial charge in [0.05, 0.1) is 24.5 Å². The molecule has 2 N–H and O–H groups in total. The normalized spacial score (nSPS) is 15.7. The minimum Gasteiger partial charge on any atom is -0.477 e. The number of aryl methyl sites for hydroxylation is 1. The Balaban J connectivity index is 1.76. The molecule has 0 aromatic heterocycles. The first-order valence-electron chi connectivity index (χ1n) is 8.26. The summed E-state index contributed by atoms with van der Waals surface area (Å²) in [5.74, 6) is -0.597. The lowest BCUT2D eigenvalue weighted by atomic mass is 10.1. The zero-order valence-corrected chi connectivity index (χ0v) is 14.6. The summed E-state index contributed by atoms with van der Waals surface area (Å²) in [4.78, 5) is 26.1. The average Bonchev–Trinajstić information content (AvgIpc) is 2.63. The fourth-order valence-electron chi connectivity index (χ4n) is 2.84. The second-order valence-corrected chi connectivity index (χ2v) is 6.10. The third-order valence-electron chi connectivity index (χ3n) is 4.13. The van der Waals surface area contributed by atoms with Gasteiger partial charge in [0.25, 0.3) is 5.91 Å². The molecule has 0 spiro atoms. The van der Waals surface area contributed by atoms with Gasteiger partial charge in [0, 0.05) is 7.05 Å². The van der Waals surface area contributed by atoms with Crippen molar-refractivity contribution in [3.8, 4) is 5.75 Å². The first-order chi connectivity index (χ1) is 12.5. The first kappa shape index (κ1) is 17.7. The lowest BCUT2D eigenvalue weighted by Gasteiger charge is -2.35. The number of hydrogen-bond acceptors (Lipinski definition) is 4. The molecule has 2 aromatic rings. The molecule has 0 fully saturated rings. The second-order valence-electron chi connectivity index (χ2n) is 6.10. The van der Waals surface area contributed by atoms with Crippen LogP contribution < -0.4 is 20.3 Å². The number of benzene rings is 2.